The number of nitrogens with zero attached hydrogens (tertiary/aromatic N) is 1. The molecule has 0 aliphatic carbocycles. The fraction of sp³-hybridized carbons (Fsp3) is 0.200. The highest BCUT2D eigenvalue weighted by molar-refractivity contribution is 7.85. The molecule has 1 atom stereocenters. The van der Waals surface area contributed by atoms with E-state index in [1.807, 2.05) is 5.32 Å². The molecule has 0 spiro atoms. The fourth-order valence-electron chi connectivity index (χ4n) is 1.30. The van der Waals surface area contributed by atoms with E-state index in [-0.39, 0.29) is 12.1 Å². The smallest absolute Gasteiger partial charge is 0.294 e. The minimum Gasteiger partial charge on any atom is -0.383 e. The predicted octanol–water partition coefficient (Wildman–Crippen LogP) is -0.765. The lowest BCUT2D eigenvalue weighted by atomic mass is 10.3. The summed E-state index contributed by atoms with van der Waals surface area (Å²) in [5.74, 6) is -0.988. The summed E-state index contributed by atoms with van der Waals surface area (Å²) in [4.78, 5) is 29.4. The highest BCUT2D eigenvalue weighted by atomic mass is 32.2. The zero-order valence-corrected chi connectivity index (χ0v) is 11.1. The van der Waals surface area contributed by atoms with Gasteiger partial charge in [-0.25, -0.2) is 0 Å². The fourth-order valence-corrected chi connectivity index (χ4v) is 1.82. The Balaban J connectivity index is 0.000000235. The van der Waals surface area contributed by atoms with Gasteiger partial charge in [-0.1, -0.05) is 6.07 Å². The van der Waals surface area contributed by atoms with Gasteiger partial charge < -0.3 is 5.11 Å². The minimum atomic E-state index is -4.36. The Hall–Kier alpha value is -2.37. The molecule has 11 heteroatoms. The summed E-state index contributed by atoms with van der Waals surface area (Å²) in [6, 6.07) is 4.17. The third-order valence-corrected chi connectivity index (χ3v) is 3.12. The van der Waals surface area contributed by atoms with Crippen LogP contribution >= 0.6 is 0 Å². The molecule has 0 bridgehead atoms. The maximum absolute atomic E-state index is 10.5. The van der Waals surface area contributed by atoms with Crippen molar-refractivity contribution in [3.05, 3.63) is 34.4 Å². The molecule has 1 aromatic rings. The van der Waals surface area contributed by atoms with Gasteiger partial charge >= 0.3 is 0 Å². The van der Waals surface area contributed by atoms with E-state index in [4.69, 9.17) is 9.66 Å². The first-order valence-corrected chi connectivity index (χ1v) is 6.79. The lowest BCUT2D eigenvalue weighted by Gasteiger charge is -1.95. The Morgan fingerprint density at radius 1 is 1.33 bits per heavy atom. The Labute approximate surface area is 118 Å². The van der Waals surface area contributed by atoms with Gasteiger partial charge in [0.2, 0.25) is 5.91 Å². The van der Waals surface area contributed by atoms with Crippen LogP contribution in [0.3, 0.4) is 0 Å². The first kappa shape index (κ1) is 16.7. The van der Waals surface area contributed by atoms with Crippen LogP contribution in [0.5, 0.6) is 0 Å². The standard InChI is InChI=1S/C6H5NO5S.C4H5NO3/c8-7(9)5-2-1-3-6(4-5)13(10,11)12;6-2-1-3(7)5-4(2)8/h1-4H,(H,10,11,12);2,6H,1H2,(H,5,7,8). The van der Waals surface area contributed by atoms with Gasteiger partial charge in [0, 0.05) is 12.1 Å². The number of hydrogen-bond donors (Lipinski definition) is 3. The van der Waals surface area contributed by atoms with Crippen LogP contribution in [-0.4, -0.2) is 40.9 Å². The Morgan fingerprint density at radius 3 is 2.29 bits per heavy atom. The number of nitro benzene ring substituents is 1. The summed E-state index contributed by atoms with van der Waals surface area (Å²) in [6.07, 6.45) is -1.19. The second-order valence-electron chi connectivity index (χ2n) is 3.86. The van der Waals surface area contributed by atoms with Crippen molar-refractivity contribution in [2.45, 2.75) is 17.4 Å². The molecule has 0 aromatic heterocycles. The molecule has 1 aliphatic rings. The number of carbonyl (C=O) groups excluding carboxylic acids is 2. The number of non-ortho nitro benzene ring substituents is 1. The van der Waals surface area contributed by atoms with Gasteiger partial charge in [0.25, 0.3) is 21.7 Å². The number of aliphatic hydroxyl groups excluding tert-OH is 1. The number of benzene rings is 1. The number of amides is 2. The van der Waals surface area contributed by atoms with E-state index in [2.05, 4.69) is 0 Å². The third-order valence-electron chi connectivity index (χ3n) is 2.27. The normalized spacial score (nSPS) is 17.7. The second-order valence-corrected chi connectivity index (χ2v) is 5.28. The molecular weight excluding hydrogens is 308 g/mol. The molecule has 10 nitrogen and oxygen atoms in total. The highest BCUT2D eigenvalue weighted by Gasteiger charge is 2.27. The van der Waals surface area contributed by atoms with Crippen molar-refractivity contribution in [3.63, 3.8) is 0 Å². The quantitative estimate of drug-likeness (QED) is 0.277. The molecule has 1 heterocycles. The largest absolute Gasteiger partial charge is 0.383 e. The SMILES string of the molecule is O=C1CC(O)C(=O)N1.O=[N+]([O-])c1cccc(S(=O)(=O)O)c1. The number of nitro groups is 1. The summed E-state index contributed by atoms with van der Waals surface area (Å²) < 4.78 is 29.6. The maximum Gasteiger partial charge on any atom is 0.294 e. The van der Waals surface area contributed by atoms with E-state index in [0.29, 0.717) is 0 Å². The van der Waals surface area contributed by atoms with Gasteiger partial charge in [-0.3, -0.25) is 29.6 Å². The van der Waals surface area contributed by atoms with Crippen molar-refractivity contribution in [2.75, 3.05) is 0 Å². The van der Waals surface area contributed by atoms with E-state index in [1.54, 1.807) is 0 Å². The predicted molar refractivity (Wildman–Crippen MR) is 66.7 cm³/mol. The summed E-state index contributed by atoms with van der Waals surface area (Å²) >= 11 is 0. The van der Waals surface area contributed by atoms with E-state index in [9.17, 15) is 28.1 Å². The monoisotopic (exact) mass is 318 g/mol. The van der Waals surface area contributed by atoms with Crippen LogP contribution in [0.25, 0.3) is 0 Å². The van der Waals surface area contributed by atoms with Crippen molar-refractivity contribution in [3.8, 4) is 0 Å². The molecule has 1 fully saturated rings. The van der Waals surface area contributed by atoms with Crippen LogP contribution in [0.4, 0.5) is 5.69 Å². The molecule has 2 rings (SSSR count). The number of rotatable bonds is 2. The average molecular weight is 318 g/mol. The van der Waals surface area contributed by atoms with Crippen LogP contribution in [0, 0.1) is 10.1 Å². The van der Waals surface area contributed by atoms with Crippen LogP contribution in [0.2, 0.25) is 0 Å². The van der Waals surface area contributed by atoms with E-state index < -0.39 is 37.9 Å². The molecular formula is C10H10N2O8S. The minimum absolute atomic E-state index is 0.0845. The molecule has 1 unspecified atom stereocenters. The van der Waals surface area contributed by atoms with Gasteiger partial charge in [0.05, 0.1) is 11.3 Å². The van der Waals surface area contributed by atoms with Crippen LogP contribution in [0.15, 0.2) is 29.2 Å². The van der Waals surface area contributed by atoms with Crippen LogP contribution < -0.4 is 5.32 Å². The Bertz CT molecular complexity index is 684. The van der Waals surface area contributed by atoms with E-state index in [1.165, 1.54) is 6.07 Å². The van der Waals surface area contributed by atoms with Crippen molar-refractivity contribution in [2.24, 2.45) is 0 Å². The van der Waals surface area contributed by atoms with Crippen molar-refractivity contribution >= 4 is 27.6 Å². The molecule has 114 valence electrons. The first-order valence-electron chi connectivity index (χ1n) is 5.35. The highest BCUT2D eigenvalue weighted by Crippen LogP contribution is 2.16. The lowest BCUT2D eigenvalue weighted by molar-refractivity contribution is -0.385. The van der Waals surface area contributed by atoms with Gasteiger partial charge in [-0.05, 0) is 6.07 Å². The molecule has 3 N–H and O–H groups in total. The summed E-state index contributed by atoms with van der Waals surface area (Å²) in [5.41, 5.74) is -0.380. The first-order chi connectivity index (χ1) is 9.61. The Morgan fingerprint density at radius 2 is 1.95 bits per heavy atom. The zero-order valence-electron chi connectivity index (χ0n) is 10.3. The Kier molecular flexibility index (Phi) is 5.07. The summed E-state index contributed by atoms with van der Waals surface area (Å²) in [6.45, 7) is 0. The van der Waals surface area contributed by atoms with Crippen LogP contribution in [-0.2, 0) is 19.7 Å². The van der Waals surface area contributed by atoms with Gasteiger partial charge in [0.1, 0.15) is 11.0 Å². The molecule has 1 aromatic carbocycles. The van der Waals surface area contributed by atoms with Crippen LogP contribution in [0.1, 0.15) is 6.42 Å². The van der Waals surface area contributed by atoms with Gasteiger partial charge in [0.15, 0.2) is 0 Å². The number of nitrogens with one attached hydrogen (secondary N) is 1. The van der Waals surface area contributed by atoms with Gasteiger partial charge in [-0.15, -0.1) is 0 Å². The second kappa shape index (κ2) is 6.39. The lowest BCUT2D eigenvalue weighted by Crippen LogP contribution is -2.24. The van der Waals surface area contributed by atoms with Gasteiger partial charge in [-0.2, -0.15) is 8.42 Å². The molecule has 0 radical (unpaired) electrons. The van der Waals surface area contributed by atoms with Crippen molar-refractivity contribution in [1.29, 1.82) is 0 Å². The molecule has 21 heavy (non-hydrogen) atoms. The maximum atomic E-state index is 10.5. The number of carbonyl (C=O) groups is 2. The number of imide groups is 1. The zero-order chi connectivity index (χ0) is 16.2. The molecule has 1 aliphatic heterocycles. The summed E-state index contributed by atoms with van der Waals surface area (Å²) in [5, 5.41) is 20.7. The topological polar surface area (TPSA) is 164 Å². The third kappa shape index (κ3) is 4.91. The summed E-state index contributed by atoms with van der Waals surface area (Å²) in [7, 11) is -4.36. The molecule has 0 saturated carbocycles. The van der Waals surface area contributed by atoms with Crippen molar-refractivity contribution < 1.29 is 32.6 Å². The average Bonchev–Trinajstić information content (AvgIpc) is 2.66. The molecule has 2 amide bonds. The van der Waals surface area contributed by atoms with E-state index in [0.717, 1.165) is 18.2 Å². The van der Waals surface area contributed by atoms with Crippen molar-refractivity contribution in [1.82, 2.24) is 5.32 Å². The number of hydrogen-bond acceptors (Lipinski definition) is 7. The number of aliphatic hydroxyl groups is 1. The molecule has 1 saturated heterocycles. The van der Waals surface area contributed by atoms with E-state index >= 15 is 0 Å².